The van der Waals surface area contributed by atoms with Gasteiger partial charge in [0.1, 0.15) is 17.2 Å². The average molecular weight is 536 g/mol. The van der Waals surface area contributed by atoms with E-state index >= 15 is 0 Å². The van der Waals surface area contributed by atoms with Crippen LogP contribution in [0.4, 0.5) is 10.5 Å². The second-order valence-electron chi connectivity index (χ2n) is 10.00. The number of ether oxygens (including phenoxy) is 2. The summed E-state index contributed by atoms with van der Waals surface area (Å²) in [5.41, 5.74) is 3.83. The monoisotopic (exact) mass is 535 g/mol. The van der Waals surface area contributed by atoms with E-state index in [0.29, 0.717) is 13.1 Å². The molecule has 0 atom stereocenters. The van der Waals surface area contributed by atoms with Crippen molar-refractivity contribution >= 4 is 21.7 Å². The minimum atomic E-state index is -3.50. The van der Waals surface area contributed by atoms with Gasteiger partial charge < -0.3 is 14.8 Å². The number of carbonyl (C=O) groups excluding carboxylic acids is 1. The Balaban J connectivity index is 1.35. The van der Waals surface area contributed by atoms with E-state index < -0.39 is 10.0 Å². The fourth-order valence-electron chi connectivity index (χ4n) is 5.49. The molecule has 2 aliphatic rings. The van der Waals surface area contributed by atoms with Crippen molar-refractivity contribution in [2.45, 2.75) is 49.5 Å². The highest BCUT2D eigenvalue weighted by Gasteiger charge is 2.46. The first-order valence-electron chi connectivity index (χ1n) is 12.8. The molecule has 0 radical (unpaired) electrons. The van der Waals surface area contributed by atoms with E-state index in [-0.39, 0.29) is 16.3 Å². The first-order chi connectivity index (χ1) is 18.2. The standard InChI is InChI=1S/C29H33N3O5S/c1-20-6-9-22(36-3)17-27(20)37-23-10-13-26-25(16-23)29(14-4-5-15-29)19-32(26)28(33)31-18-21-7-11-24(12-8-21)38(34,35)30-2/h6-13,16-17,30H,4-5,14-15,18-19H2,1-3H3,(H,31,33). The molecular formula is C29H33N3O5S. The van der Waals surface area contributed by atoms with Crippen molar-refractivity contribution in [3.63, 3.8) is 0 Å². The molecule has 5 rings (SSSR count). The summed E-state index contributed by atoms with van der Waals surface area (Å²) in [6.45, 7) is 2.93. The third-order valence-electron chi connectivity index (χ3n) is 7.67. The van der Waals surface area contributed by atoms with Crippen LogP contribution in [-0.4, -0.2) is 35.2 Å². The van der Waals surface area contributed by atoms with Crippen molar-refractivity contribution in [3.05, 3.63) is 77.4 Å². The number of hydrogen-bond donors (Lipinski definition) is 2. The molecule has 1 aliphatic carbocycles. The third kappa shape index (κ3) is 4.96. The third-order valence-corrected chi connectivity index (χ3v) is 9.10. The molecule has 1 spiro atoms. The Hall–Kier alpha value is -3.56. The smallest absolute Gasteiger partial charge is 0.322 e. The van der Waals surface area contributed by atoms with E-state index in [1.54, 1.807) is 19.2 Å². The van der Waals surface area contributed by atoms with Gasteiger partial charge in [0.2, 0.25) is 10.0 Å². The number of methoxy groups -OCH3 is 1. The number of benzene rings is 3. The van der Waals surface area contributed by atoms with Crippen LogP contribution in [0.5, 0.6) is 17.2 Å². The van der Waals surface area contributed by atoms with Gasteiger partial charge in [0, 0.05) is 30.3 Å². The summed E-state index contributed by atoms with van der Waals surface area (Å²) in [5.74, 6) is 2.22. The summed E-state index contributed by atoms with van der Waals surface area (Å²) < 4.78 is 37.9. The molecule has 9 heteroatoms. The predicted molar refractivity (Wildman–Crippen MR) is 147 cm³/mol. The van der Waals surface area contributed by atoms with E-state index in [1.165, 1.54) is 19.2 Å². The molecule has 2 amide bonds. The van der Waals surface area contributed by atoms with Crippen molar-refractivity contribution in [1.29, 1.82) is 0 Å². The number of nitrogens with zero attached hydrogens (tertiary/aromatic N) is 1. The second-order valence-corrected chi connectivity index (χ2v) is 11.9. The molecule has 3 aromatic rings. The summed E-state index contributed by atoms with van der Waals surface area (Å²) in [6, 6.07) is 18.1. The SMILES string of the molecule is CNS(=O)(=O)c1ccc(CNC(=O)N2CC3(CCCC3)c3cc(Oc4cc(OC)ccc4C)ccc32)cc1. The molecular weight excluding hydrogens is 502 g/mol. The highest BCUT2D eigenvalue weighted by molar-refractivity contribution is 7.89. The first kappa shape index (κ1) is 26.1. The Morgan fingerprint density at radius 1 is 1.00 bits per heavy atom. The van der Waals surface area contributed by atoms with Crippen LogP contribution in [0.15, 0.2) is 65.6 Å². The lowest BCUT2D eigenvalue weighted by atomic mass is 9.81. The zero-order chi connectivity index (χ0) is 26.9. The van der Waals surface area contributed by atoms with E-state index in [2.05, 4.69) is 16.1 Å². The Kier molecular flexibility index (Phi) is 7.07. The van der Waals surface area contributed by atoms with Gasteiger partial charge in [-0.25, -0.2) is 17.9 Å². The zero-order valence-electron chi connectivity index (χ0n) is 21.9. The molecule has 200 valence electrons. The number of aryl methyl sites for hydroxylation is 1. The predicted octanol–water partition coefficient (Wildman–Crippen LogP) is 5.25. The largest absolute Gasteiger partial charge is 0.497 e. The van der Waals surface area contributed by atoms with Crippen LogP contribution in [0, 0.1) is 6.92 Å². The normalized spacial score (nSPS) is 15.9. The minimum Gasteiger partial charge on any atom is -0.497 e. The van der Waals surface area contributed by atoms with Gasteiger partial charge in [-0.3, -0.25) is 4.90 Å². The fraction of sp³-hybridized carbons (Fsp3) is 0.345. The van der Waals surface area contributed by atoms with E-state index in [1.807, 2.05) is 42.2 Å². The Morgan fingerprint density at radius 3 is 2.39 bits per heavy atom. The molecule has 1 heterocycles. The number of sulfonamides is 1. The van der Waals surface area contributed by atoms with Gasteiger partial charge in [-0.2, -0.15) is 0 Å². The van der Waals surface area contributed by atoms with Crippen LogP contribution in [0.1, 0.15) is 42.4 Å². The van der Waals surface area contributed by atoms with E-state index in [4.69, 9.17) is 9.47 Å². The van der Waals surface area contributed by atoms with Crippen LogP contribution < -0.4 is 24.4 Å². The maximum Gasteiger partial charge on any atom is 0.322 e. The number of rotatable bonds is 7. The maximum absolute atomic E-state index is 13.3. The van der Waals surface area contributed by atoms with Gasteiger partial charge >= 0.3 is 6.03 Å². The molecule has 8 nitrogen and oxygen atoms in total. The molecule has 1 aliphatic heterocycles. The average Bonchev–Trinajstić information content (AvgIpc) is 3.54. The Morgan fingerprint density at radius 2 is 1.71 bits per heavy atom. The molecule has 38 heavy (non-hydrogen) atoms. The number of amides is 2. The molecule has 0 saturated heterocycles. The maximum atomic E-state index is 13.3. The molecule has 1 saturated carbocycles. The quantitative estimate of drug-likeness (QED) is 0.431. The summed E-state index contributed by atoms with van der Waals surface area (Å²) >= 11 is 0. The van der Waals surface area contributed by atoms with E-state index in [9.17, 15) is 13.2 Å². The lowest BCUT2D eigenvalue weighted by molar-refractivity contribution is 0.245. The Labute approximate surface area is 224 Å². The van der Waals surface area contributed by atoms with Crippen LogP contribution in [0.25, 0.3) is 0 Å². The van der Waals surface area contributed by atoms with Crippen molar-refractivity contribution < 1.29 is 22.7 Å². The number of hydrogen-bond acceptors (Lipinski definition) is 5. The first-order valence-corrected chi connectivity index (χ1v) is 14.3. The molecule has 0 aromatic heterocycles. The van der Waals surface area contributed by atoms with Crippen LogP contribution >= 0.6 is 0 Å². The highest BCUT2D eigenvalue weighted by Crippen LogP contribution is 2.51. The molecule has 3 aromatic carbocycles. The van der Waals surface area contributed by atoms with Crippen LogP contribution in [0.3, 0.4) is 0 Å². The summed E-state index contributed by atoms with van der Waals surface area (Å²) in [6.07, 6.45) is 4.34. The molecule has 1 fully saturated rings. The van der Waals surface area contributed by atoms with Crippen LogP contribution in [-0.2, 0) is 22.0 Å². The van der Waals surface area contributed by atoms with Crippen molar-refractivity contribution in [2.75, 3.05) is 25.6 Å². The lowest BCUT2D eigenvalue weighted by Gasteiger charge is -2.25. The van der Waals surface area contributed by atoms with Gasteiger partial charge in [0.15, 0.2) is 0 Å². The number of anilines is 1. The van der Waals surface area contributed by atoms with Gasteiger partial charge in [-0.05, 0) is 79.9 Å². The number of fused-ring (bicyclic) bond motifs is 2. The highest BCUT2D eigenvalue weighted by atomic mass is 32.2. The number of nitrogens with one attached hydrogen (secondary N) is 2. The fourth-order valence-corrected chi connectivity index (χ4v) is 6.22. The Bertz CT molecular complexity index is 1450. The molecule has 0 unspecified atom stereocenters. The summed E-state index contributed by atoms with van der Waals surface area (Å²) in [4.78, 5) is 15.4. The summed E-state index contributed by atoms with van der Waals surface area (Å²) in [7, 11) is -0.483. The van der Waals surface area contributed by atoms with Gasteiger partial charge in [0.25, 0.3) is 0 Å². The number of urea groups is 1. The molecule has 2 N–H and O–H groups in total. The topological polar surface area (TPSA) is 97.0 Å². The van der Waals surface area contributed by atoms with Crippen molar-refractivity contribution in [1.82, 2.24) is 10.0 Å². The van der Waals surface area contributed by atoms with Gasteiger partial charge in [-0.1, -0.05) is 31.0 Å². The van der Waals surface area contributed by atoms with Crippen molar-refractivity contribution in [2.24, 2.45) is 0 Å². The number of carbonyl (C=O) groups is 1. The van der Waals surface area contributed by atoms with Gasteiger partial charge in [-0.15, -0.1) is 0 Å². The summed E-state index contributed by atoms with van der Waals surface area (Å²) in [5, 5.41) is 3.01. The lowest BCUT2D eigenvalue weighted by Crippen LogP contribution is -2.41. The second kappa shape index (κ2) is 10.3. The van der Waals surface area contributed by atoms with Gasteiger partial charge in [0.05, 0.1) is 12.0 Å². The van der Waals surface area contributed by atoms with Crippen molar-refractivity contribution in [3.8, 4) is 17.2 Å². The van der Waals surface area contributed by atoms with E-state index in [0.717, 1.165) is 65.3 Å². The van der Waals surface area contributed by atoms with Crippen LogP contribution in [0.2, 0.25) is 0 Å². The minimum absolute atomic E-state index is 0.0708. The molecule has 0 bridgehead atoms. The zero-order valence-corrected chi connectivity index (χ0v) is 22.7.